The Balaban J connectivity index is 2.41. The maximum Gasteiger partial charge on any atom is 0.219 e. The molecule has 2 atom stereocenters. The second-order valence-corrected chi connectivity index (χ2v) is 3.97. The second-order valence-electron chi connectivity index (χ2n) is 3.97. The van der Waals surface area contributed by atoms with E-state index in [4.69, 9.17) is 5.73 Å². The van der Waals surface area contributed by atoms with Gasteiger partial charge in [0.15, 0.2) is 0 Å². The highest BCUT2D eigenvalue weighted by Gasteiger charge is 2.26. The van der Waals surface area contributed by atoms with Gasteiger partial charge < -0.3 is 10.6 Å². The molecule has 1 rings (SSSR count). The van der Waals surface area contributed by atoms with Crippen LogP contribution in [-0.2, 0) is 4.79 Å². The number of piperidine rings is 1. The van der Waals surface area contributed by atoms with Crippen LogP contribution in [0.15, 0.2) is 0 Å². The van der Waals surface area contributed by atoms with Crippen LogP contribution >= 0.6 is 0 Å². The largest absolute Gasteiger partial charge is 0.341 e. The molecule has 3 heteroatoms. The first-order valence-corrected chi connectivity index (χ1v) is 5.16. The molecule has 1 aliphatic heterocycles. The summed E-state index contributed by atoms with van der Waals surface area (Å²) in [7, 11) is 0. The van der Waals surface area contributed by atoms with Gasteiger partial charge in [-0.3, -0.25) is 4.79 Å². The summed E-state index contributed by atoms with van der Waals surface area (Å²) in [6.07, 6.45) is 3.47. The minimum atomic E-state index is 0.158. The predicted molar refractivity (Wildman–Crippen MR) is 53.2 cm³/mol. The van der Waals surface area contributed by atoms with Crippen LogP contribution in [0.25, 0.3) is 0 Å². The molecule has 0 saturated carbocycles. The number of nitrogens with two attached hydrogens (primary N) is 1. The van der Waals surface area contributed by atoms with Gasteiger partial charge in [-0.1, -0.05) is 13.3 Å². The zero-order chi connectivity index (χ0) is 9.84. The van der Waals surface area contributed by atoms with E-state index < -0.39 is 0 Å². The van der Waals surface area contributed by atoms with Gasteiger partial charge in [-0.05, 0) is 18.8 Å². The third-order valence-corrected chi connectivity index (χ3v) is 2.91. The van der Waals surface area contributed by atoms with E-state index in [1.54, 1.807) is 6.92 Å². The number of carbonyl (C=O) groups excluding carboxylic acids is 1. The van der Waals surface area contributed by atoms with Crippen LogP contribution in [0.5, 0.6) is 0 Å². The molecule has 76 valence electrons. The van der Waals surface area contributed by atoms with E-state index >= 15 is 0 Å². The summed E-state index contributed by atoms with van der Waals surface area (Å²) in [5.74, 6) is 0.783. The molecule has 1 saturated heterocycles. The van der Waals surface area contributed by atoms with E-state index in [0.29, 0.717) is 5.92 Å². The van der Waals surface area contributed by atoms with Crippen LogP contribution in [0.2, 0.25) is 0 Å². The van der Waals surface area contributed by atoms with E-state index in [1.807, 2.05) is 4.90 Å². The van der Waals surface area contributed by atoms with Crippen molar-refractivity contribution in [3.8, 4) is 0 Å². The van der Waals surface area contributed by atoms with Crippen molar-refractivity contribution in [3.05, 3.63) is 0 Å². The molecule has 0 aromatic carbocycles. The molecule has 13 heavy (non-hydrogen) atoms. The highest BCUT2D eigenvalue weighted by molar-refractivity contribution is 5.73. The summed E-state index contributed by atoms with van der Waals surface area (Å²) in [5.41, 5.74) is 6.00. The van der Waals surface area contributed by atoms with Gasteiger partial charge in [0.1, 0.15) is 0 Å². The molecule has 0 aromatic rings. The monoisotopic (exact) mass is 184 g/mol. The number of hydrogen-bond donors (Lipinski definition) is 1. The molecular weight excluding hydrogens is 164 g/mol. The number of hydrogen-bond acceptors (Lipinski definition) is 2. The molecule has 0 spiro atoms. The highest BCUT2D eigenvalue weighted by Crippen LogP contribution is 2.20. The van der Waals surface area contributed by atoms with Gasteiger partial charge in [0.05, 0.1) is 0 Å². The standard InChI is InChI=1S/C10H20N2O/c1-3-4-9-5-6-12(8(2)13)7-10(9)11/h9-10H,3-7,11H2,1-2H3. The van der Waals surface area contributed by atoms with Crippen LogP contribution in [0.3, 0.4) is 0 Å². The topological polar surface area (TPSA) is 46.3 Å². The molecule has 0 radical (unpaired) electrons. The number of likely N-dealkylation sites (tertiary alicyclic amines) is 1. The van der Waals surface area contributed by atoms with Crippen LogP contribution in [-0.4, -0.2) is 29.9 Å². The predicted octanol–water partition coefficient (Wildman–Crippen LogP) is 0.982. The first-order chi connectivity index (χ1) is 6.15. The SMILES string of the molecule is CCCC1CCN(C(C)=O)CC1N. The lowest BCUT2D eigenvalue weighted by molar-refractivity contribution is -0.130. The maximum atomic E-state index is 11.1. The first-order valence-electron chi connectivity index (χ1n) is 5.16. The van der Waals surface area contributed by atoms with Crippen molar-refractivity contribution in [3.63, 3.8) is 0 Å². The highest BCUT2D eigenvalue weighted by atomic mass is 16.2. The lowest BCUT2D eigenvalue weighted by Gasteiger charge is -2.36. The Morgan fingerprint density at radius 2 is 2.31 bits per heavy atom. The Morgan fingerprint density at radius 1 is 1.62 bits per heavy atom. The van der Waals surface area contributed by atoms with Gasteiger partial charge in [0.25, 0.3) is 0 Å². The summed E-state index contributed by atoms with van der Waals surface area (Å²) < 4.78 is 0. The van der Waals surface area contributed by atoms with Gasteiger partial charge in [0.2, 0.25) is 5.91 Å². The zero-order valence-corrected chi connectivity index (χ0v) is 8.62. The van der Waals surface area contributed by atoms with Crippen LogP contribution in [0, 0.1) is 5.92 Å². The Hall–Kier alpha value is -0.570. The third-order valence-electron chi connectivity index (χ3n) is 2.91. The van der Waals surface area contributed by atoms with Crippen LogP contribution in [0.1, 0.15) is 33.1 Å². The van der Waals surface area contributed by atoms with E-state index in [1.165, 1.54) is 12.8 Å². The lowest BCUT2D eigenvalue weighted by atomic mass is 9.88. The quantitative estimate of drug-likeness (QED) is 0.695. The van der Waals surface area contributed by atoms with Crippen molar-refractivity contribution < 1.29 is 4.79 Å². The van der Waals surface area contributed by atoms with Gasteiger partial charge in [-0.2, -0.15) is 0 Å². The smallest absolute Gasteiger partial charge is 0.219 e. The number of amides is 1. The Bertz CT molecular complexity index is 182. The number of rotatable bonds is 2. The van der Waals surface area contributed by atoms with Crippen molar-refractivity contribution in [2.45, 2.75) is 39.2 Å². The fraction of sp³-hybridized carbons (Fsp3) is 0.900. The van der Waals surface area contributed by atoms with Gasteiger partial charge in [0, 0.05) is 26.1 Å². The van der Waals surface area contributed by atoms with Crippen LogP contribution < -0.4 is 5.73 Å². The van der Waals surface area contributed by atoms with Crippen molar-refractivity contribution in [2.75, 3.05) is 13.1 Å². The maximum absolute atomic E-state index is 11.1. The minimum absolute atomic E-state index is 0.158. The molecule has 0 aromatic heterocycles. The Labute approximate surface area is 80.3 Å². The molecule has 1 amide bonds. The van der Waals surface area contributed by atoms with E-state index in [-0.39, 0.29) is 11.9 Å². The summed E-state index contributed by atoms with van der Waals surface area (Å²) in [5, 5.41) is 0. The van der Waals surface area contributed by atoms with Crippen molar-refractivity contribution >= 4 is 5.91 Å². The Kier molecular flexibility index (Phi) is 3.72. The van der Waals surface area contributed by atoms with Crippen molar-refractivity contribution in [2.24, 2.45) is 11.7 Å². The average molecular weight is 184 g/mol. The van der Waals surface area contributed by atoms with E-state index in [9.17, 15) is 4.79 Å². The van der Waals surface area contributed by atoms with E-state index in [2.05, 4.69) is 6.92 Å². The molecule has 1 heterocycles. The molecule has 3 nitrogen and oxygen atoms in total. The molecule has 1 aliphatic rings. The molecule has 1 fully saturated rings. The van der Waals surface area contributed by atoms with Crippen LogP contribution in [0.4, 0.5) is 0 Å². The fourth-order valence-electron chi connectivity index (χ4n) is 2.05. The van der Waals surface area contributed by atoms with Crippen molar-refractivity contribution in [1.29, 1.82) is 0 Å². The summed E-state index contributed by atoms with van der Waals surface area (Å²) in [6.45, 7) is 5.45. The molecule has 0 aliphatic carbocycles. The lowest BCUT2D eigenvalue weighted by Crippen LogP contribution is -2.49. The van der Waals surface area contributed by atoms with Crippen molar-refractivity contribution in [1.82, 2.24) is 4.90 Å². The zero-order valence-electron chi connectivity index (χ0n) is 8.62. The Morgan fingerprint density at radius 3 is 2.77 bits per heavy atom. The number of carbonyl (C=O) groups is 1. The summed E-state index contributed by atoms with van der Waals surface area (Å²) >= 11 is 0. The fourth-order valence-corrected chi connectivity index (χ4v) is 2.05. The summed E-state index contributed by atoms with van der Waals surface area (Å²) in [6, 6.07) is 0.192. The van der Waals surface area contributed by atoms with Gasteiger partial charge >= 0.3 is 0 Å². The average Bonchev–Trinajstić information content (AvgIpc) is 2.08. The van der Waals surface area contributed by atoms with Gasteiger partial charge in [-0.25, -0.2) is 0 Å². The number of nitrogens with zero attached hydrogens (tertiary/aromatic N) is 1. The molecule has 2 N–H and O–H groups in total. The normalized spacial score (nSPS) is 29.0. The summed E-state index contributed by atoms with van der Waals surface area (Å²) in [4.78, 5) is 12.9. The minimum Gasteiger partial charge on any atom is -0.341 e. The van der Waals surface area contributed by atoms with Gasteiger partial charge in [-0.15, -0.1) is 0 Å². The van der Waals surface area contributed by atoms with E-state index in [0.717, 1.165) is 19.5 Å². The molecule has 0 bridgehead atoms. The second kappa shape index (κ2) is 4.61. The molecule has 2 unspecified atom stereocenters. The molecular formula is C10H20N2O. The third kappa shape index (κ3) is 2.69. The first kappa shape index (κ1) is 10.5.